The monoisotopic (exact) mass is 402 g/mol. The van der Waals surface area contributed by atoms with Gasteiger partial charge in [-0.15, -0.1) is 0 Å². The number of aryl methyl sites for hydroxylation is 2. The fourth-order valence-corrected chi connectivity index (χ4v) is 3.63. The number of aromatic nitrogens is 2. The number of nitrogens with zero attached hydrogens (tertiary/aromatic N) is 2. The molecule has 8 nitrogen and oxygen atoms in total. The SMILES string of the molecule is O=S(=O)(O)CCC[n+]1ccccc1-c1cccc[n+]1CCCS(=O)(=O)O. The van der Waals surface area contributed by atoms with Crippen LogP contribution in [-0.4, -0.2) is 37.4 Å². The second-order valence-corrected chi connectivity index (χ2v) is 8.98. The summed E-state index contributed by atoms with van der Waals surface area (Å²) in [5, 5.41) is 0. The first-order chi connectivity index (χ1) is 12.2. The smallest absolute Gasteiger partial charge is 0.277 e. The molecule has 0 aliphatic rings. The van der Waals surface area contributed by atoms with Gasteiger partial charge in [-0.3, -0.25) is 9.11 Å². The molecule has 0 atom stereocenters. The summed E-state index contributed by atoms with van der Waals surface area (Å²) in [7, 11) is -8.01. The Hall–Kier alpha value is -1.88. The molecule has 0 spiro atoms. The van der Waals surface area contributed by atoms with Crippen LogP contribution in [-0.2, 0) is 33.3 Å². The summed E-state index contributed by atoms with van der Waals surface area (Å²) in [5.74, 6) is -0.644. The fraction of sp³-hybridized carbons (Fsp3) is 0.375. The van der Waals surface area contributed by atoms with Crippen molar-refractivity contribution in [3.05, 3.63) is 48.8 Å². The second-order valence-electron chi connectivity index (χ2n) is 5.84. The standard InChI is InChI=1S/C16H20N2O6S2/c19-25(20,21)13-5-11-17-9-3-1-7-15(17)16-8-2-4-10-18(16)12-6-14-26(22,23)24/h1-4,7-10H,5-6,11-14H2/p+2. The van der Waals surface area contributed by atoms with Gasteiger partial charge < -0.3 is 0 Å². The average molecular weight is 402 g/mol. The lowest BCUT2D eigenvalue weighted by molar-refractivity contribution is -0.714. The molecule has 0 fully saturated rings. The largest absolute Gasteiger partial charge is 0.286 e. The normalized spacial score (nSPS) is 12.2. The second kappa shape index (κ2) is 8.67. The third-order valence-electron chi connectivity index (χ3n) is 3.75. The van der Waals surface area contributed by atoms with Crippen molar-refractivity contribution in [2.45, 2.75) is 25.9 Å². The molecular formula is C16H22N2O6S2+2. The average Bonchev–Trinajstić information content (AvgIpc) is 2.54. The maximum atomic E-state index is 10.9. The summed E-state index contributed by atoms with van der Waals surface area (Å²) < 4.78 is 65.1. The first kappa shape index (κ1) is 20.4. The van der Waals surface area contributed by atoms with Crippen molar-refractivity contribution in [3.8, 4) is 11.4 Å². The van der Waals surface area contributed by atoms with E-state index in [-0.39, 0.29) is 24.3 Å². The van der Waals surface area contributed by atoms with Crippen molar-refractivity contribution in [2.75, 3.05) is 11.5 Å². The van der Waals surface area contributed by atoms with Crippen molar-refractivity contribution in [1.82, 2.24) is 0 Å². The van der Waals surface area contributed by atoms with E-state index in [0.717, 1.165) is 11.4 Å². The van der Waals surface area contributed by atoms with Gasteiger partial charge in [-0.1, -0.05) is 0 Å². The van der Waals surface area contributed by atoms with Crippen molar-refractivity contribution in [2.24, 2.45) is 0 Å². The van der Waals surface area contributed by atoms with Gasteiger partial charge in [0.2, 0.25) is 0 Å². The lowest BCUT2D eigenvalue weighted by atomic mass is 10.2. The molecule has 2 aromatic heterocycles. The molecule has 0 radical (unpaired) electrons. The van der Waals surface area contributed by atoms with E-state index in [0.29, 0.717) is 13.1 Å². The molecule has 0 bridgehead atoms. The number of pyridine rings is 2. The zero-order chi connectivity index (χ0) is 19.2. The van der Waals surface area contributed by atoms with Gasteiger partial charge in [-0.2, -0.15) is 26.0 Å². The quantitative estimate of drug-likeness (QED) is 0.466. The Balaban J connectivity index is 2.23. The Bertz CT molecular complexity index is 879. The first-order valence-corrected chi connectivity index (χ1v) is 11.3. The maximum absolute atomic E-state index is 10.9. The predicted molar refractivity (Wildman–Crippen MR) is 94.3 cm³/mol. The highest BCUT2D eigenvalue weighted by Crippen LogP contribution is 2.10. The maximum Gasteiger partial charge on any atom is 0.277 e. The highest BCUT2D eigenvalue weighted by molar-refractivity contribution is 7.86. The molecule has 10 heteroatoms. The van der Waals surface area contributed by atoms with E-state index in [2.05, 4.69) is 0 Å². The minimum Gasteiger partial charge on any atom is -0.286 e. The third-order valence-corrected chi connectivity index (χ3v) is 5.36. The van der Waals surface area contributed by atoms with Crippen LogP contribution in [0.3, 0.4) is 0 Å². The van der Waals surface area contributed by atoms with Gasteiger partial charge in [-0.05, 0) is 12.1 Å². The minimum absolute atomic E-state index is 0.260. The minimum atomic E-state index is -4.01. The van der Waals surface area contributed by atoms with Crippen molar-refractivity contribution >= 4 is 20.2 Å². The van der Waals surface area contributed by atoms with Crippen LogP contribution in [0.15, 0.2) is 48.8 Å². The Kier molecular flexibility index (Phi) is 6.81. The summed E-state index contributed by atoms with van der Waals surface area (Å²) in [6.45, 7) is 0.797. The van der Waals surface area contributed by atoms with Gasteiger partial charge in [0.15, 0.2) is 12.4 Å². The van der Waals surface area contributed by atoms with E-state index in [1.807, 2.05) is 57.9 Å². The molecule has 0 aliphatic carbocycles. The van der Waals surface area contributed by atoms with E-state index < -0.39 is 20.2 Å². The van der Waals surface area contributed by atoms with E-state index in [1.54, 1.807) is 0 Å². The van der Waals surface area contributed by atoms with Crippen LogP contribution >= 0.6 is 0 Å². The van der Waals surface area contributed by atoms with E-state index in [4.69, 9.17) is 9.11 Å². The zero-order valence-electron chi connectivity index (χ0n) is 14.1. The lowest BCUT2D eigenvalue weighted by Crippen LogP contribution is -2.43. The molecule has 0 unspecified atom stereocenters. The molecule has 0 aliphatic heterocycles. The van der Waals surface area contributed by atoms with Gasteiger partial charge in [0.25, 0.3) is 31.6 Å². The highest BCUT2D eigenvalue weighted by Gasteiger charge is 2.22. The van der Waals surface area contributed by atoms with Crippen LogP contribution in [0.5, 0.6) is 0 Å². The Morgan fingerprint density at radius 3 is 1.42 bits per heavy atom. The van der Waals surface area contributed by atoms with Crippen LogP contribution in [0.2, 0.25) is 0 Å². The fourth-order valence-electron chi connectivity index (χ4n) is 2.64. The van der Waals surface area contributed by atoms with Crippen LogP contribution < -0.4 is 9.13 Å². The summed E-state index contributed by atoms with van der Waals surface area (Å²) in [6, 6.07) is 11.1. The molecule has 2 rings (SSSR count). The van der Waals surface area contributed by atoms with Crippen LogP contribution in [0, 0.1) is 0 Å². The van der Waals surface area contributed by atoms with Crippen molar-refractivity contribution in [1.29, 1.82) is 0 Å². The lowest BCUT2D eigenvalue weighted by Gasteiger charge is -2.05. The molecule has 2 aromatic rings. The first-order valence-electron chi connectivity index (χ1n) is 8.03. The summed E-state index contributed by atoms with van der Waals surface area (Å²) in [4.78, 5) is 0. The summed E-state index contributed by atoms with van der Waals surface area (Å²) in [6.07, 6.45) is 4.15. The highest BCUT2D eigenvalue weighted by atomic mass is 32.2. The number of rotatable bonds is 9. The molecule has 0 saturated heterocycles. The molecule has 2 heterocycles. The third kappa shape index (κ3) is 6.79. The topological polar surface area (TPSA) is 117 Å². The van der Waals surface area contributed by atoms with Crippen molar-refractivity contribution < 1.29 is 35.1 Å². The molecule has 26 heavy (non-hydrogen) atoms. The molecule has 0 aromatic carbocycles. The summed E-state index contributed by atoms with van der Waals surface area (Å²) >= 11 is 0. The van der Waals surface area contributed by atoms with Crippen LogP contribution in [0.25, 0.3) is 11.4 Å². The van der Waals surface area contributed by atoms with Gasteiger partial charge in [-0.25, -0.2) is 0 Å². The zero-order valence-corrected chi connectivity index (χ0v) is 15.7. The van der Waals surface area contributed by atoms with E-state index in [9.17, 15) is 16.8 Å². The van der Waals surface area contributed by atoms with Gasteiger partial charge >= 0.3 is 0 Å². The van der Waals surface area contributed by atoms with E-state index in [1.165, 1.54) is 0 Å². The molecule has 0 saturated carbocycles. The molecular weight excluding hydrogens is 380 g/mol. The Labute approximate surface area is 153 Å². The van der Waals surface area contributed by atoms with Gasteiger partial charge in [0, 0.05) is 37.1 Å². The Morgan fingerprint density at radius 1 is 0.692 bits per heavy atom. The number of hydrogen-bond acceptors (Lipinski definition) is 4. The van der Waals surface area contributed by atoms with Gasteiger partial charge in [0.05, 0.1) is 11.5 Å². The molecule has 0 amide bonds. The summed E-state index contributed by atoms with van der Waals surface area (Å²) in [5.41, 5.74) is 1.66. The molecule has 142 valence electrons. The molecule has 2 N–H and O–H groups in total. The van der Waals surface area contributed by atoms with E-state index >= 15 is 0 Å². The Morgan fingerprint density at radius 2 is 1.08 bits per heavy atom. The van der Waals surface area contributed by atoms with Crippen molar-refractivity contribution in [3.63, 3.8) is 0 Å². The predicted octanol–water partition coefficient (Wildman–Crippen LogP) is 0.484. The van der Waals surface area contributed by atoms with Crippen LogP contribution in [0.1, 0.15) is 12.8 Å². The van der Waals surface area contributed by atoms with Gasteiger partial charge in [0.1, 0.15) is 13.1 Å². The van der Waals surface area contributed by atoms with Crippen LogP contribution in [0.4, 0.5) is 0 Å². The number of hydrogen-bond donors (Lipinski definition) is 2.